The van der Waals surface area contributed by atoms with E-state index in [1.165, 1.54) is 31.2 Å². The average Bonchev–Trinajstić information content (AvgIpc) is 3.33. The summed E-state index contributed by atoms with van der Waals surface area (Å²) in [5.74, 6) is 2.87. The number of hydrogen-bond donors (Lipinski definition) is 0. The zero-order valence-corrected chi connectivity index (χ0v) is 16.4. The summed E-state index contributed by atoms with van der Waals surface area (Å²) in [6.45, 7) is 4.58. The van der Waals surface area contributed by atoms with E-state index in [0.29, 0.717) is 6.04 Å². The first-order chi connectivity index (χ1) is 11.7. The van der Waals surface area contributed by atoms with Crippen LogP contribution in [0.4, 0.5) is 5.95 Å². The standard InChI is InChI=1S/C18H23BrN4S/c1-13-7-9-22(10-8-13)17-20-21-18(23(17)16-5-6-16)24-12-14-3-2-4-15(19)11-14/h2-4,11,13,16H,5-10,12H2,1H3. The summed E-state index contributed by atoms with van der Waals surface area (Å²) in [6.07, 6.45) is 5.05. The maximum atomic E-state index is 4.56. The molecule has 1 aromatic carbocycles. The molecule has 0 N–H and O–H groups in total. The van der Waals surface area contributed by atoms with Crippen LogP contribution in [0.1, 0.15) is 44.2 Å². The first-order valence-electron chi connectivity index (χ1n) is 8.78. The zero-order valence-electron chi connectivity index (χ0n) is 14.0. The van der Waals surface area contributed by atoms with Crippen molar-refractivity contribution in [3.05, 3.63) is 34.3 Å². The van der Waals surface area contributed by atoms with E-state index < -0.39 is 0 Å². The lowest BCUT2D eigenvalue weighted by Gasteiger charge is -2.31. The molecule has 2 heterocycles. The molecule has 0 radical (unpaired) electrons. The van der Waals surface area contributed by atoms with E-state index in [1.54, 1.807) is 11.8 Å². The molecule has 0 amide bonds. The van der Waals surface area contributed by atoms with Crippen LogP contribution in [0.15, 0.2) is 33.9 Å². The van der Waals surface area contributed by atoms with E-state index in [4.69, 9.17) is 0 Å². The highest BCUT2D eigenvalue weighted by atomic mass is 79.9. The third-order valence-electron chi connectivity index (χ3n) is 4.88. The minimum absolute atomic E-state index is 0.611. The number of benzene rings is 1. The number of hydrogen-bond acceptors (Lipinski definition) is 4. The molecule has 6 heteroatoms. The topological polar surface area (TPSA) is 34.0 Å². The van der Waals surface area contributed by atoms with Crippen molar-refractivity contribution >= 4 is 33.6 Å². The molecule has 1 aliphatic heterocycles. The average molecular weight is 407 g/mol. The normalized spacial score (nSPS) is 19.0. The quantitative estimate of drug-likeness (QED) is 0.660. The summed E-state index contributed by atoms with van der Waals surface area (Å²) < 4.78 is 3.53. The molecule has 0 bridgehead atoms. The van der Waals surface area contributed by atoms with Crippen LogP contribution in [-0.2, 0) is 5.75 Å². The minimum Gasteiger partial charge on any atom is -0.341 e. The molecule has 1 aromatic heterocycles. The van der Waals surface area contributed by atoms with Crippen LogP contribution in [-0.4, -0.2) is 27.9 Å². The molecule has 0 atom stereocenters. The van der Waals surface area contributed by atoms with E-state index in [9.17, 15) is 0 Å². The largest absolute Gasteiger partial charge is 0.341 e. The lowest BCUT2D eigenvalue weighted by Crippen LogP contribution is -2.34. The van der Waals surface area contributed by atoms with Gasteiger partial charge in [-0.1, -0.05) is 46.7 Å². The highest BCUT2D eigenvalue weighted by Crippen LogP contribution is 2.42. The number of halogens is 1. The number of aromatic nitrogens is 3. The molecule has 0 unspecified atom stereocenters. The van der Waals surface area contributed by atoms with Gasteiger partial charge in [0.05, 0.1) is 0 Å². The van der Waals surface area contributed by atoms with Crippen molar-refractivity contribution in [2.75, 3.05) is 18.0 Å². The van der Waals surface area contributed by atoms with Crippen LogP contribution in [0.5, 0.6) is 0 Å². The number of anilines is 1. The van der Waals surface area contributed by atoms with E-state index in [0.717, 1.165) is 40.3 Å². The summed E-state index contributed by atoms with van der Waals surface area (Å²) in [5, 5.41) is 10.2. The Labute approximate surface area is 156 Å². The van der Waals surface area contributed by atoms with E-state index >= 15 is 0 Å². The van der Waals surface area contributed by atoms with Crippen molar-refractivity contribution in [3.63, 3.8) is 0 Å². The summed E-state index contributed by atoms with van der Waals surface area (Å²) in [7, 11) is 0. The molecule has 1 saturated heterocycles. The molecular weight excluding hydrogens is 384 g/mol. The van der Waals surface area contributed by atoms with Gasteiger partial charge >= 0.3 is 0 Å². The van der Waals surface area contributed by atoms with Crippen LogP contribution < -0.4 is 4.90 Å². The van der Waals surface area contributed by atoms with Crippen molar-refractivity contribution in [1.82, 2.24) is 14.8 Å². The number of rotatable bonds is 5. The van der Waals surface area contributed by atoms with Crippen LogP contribution in [0.3, 0.4) is 0 Å². The monoisotopic (exact) mass is 406 g/mol. The van der Waals surface area contributed by atoms with Crippen molar-refractivity contribution in [2.24, 2.45) is 5.92 Å². The van der Waals surface area contributed by atoms with Gasteiger partial charge in [-0.05, 0) is 49.3 Å². The molecule has 2 aromatic rings. The van der Waals surface area contributed by atoms with Crippen molar-refractivity contribution in [1.29, 1.82) is 0 Å². The first kappa shape index (κ1) is 16.5. The van der Waals surface area contributed by atoms with Gasteiger partial charge in [-0.25, -0.2) is 0 Å². The SMILES string of the molecule is CC1CCN(c2nnc(SCc3cccc(Br)c3)n2C2CC2)CC1. The predicted octanol–water partition coefficient (Wildman–Crippen LogP) is 4.90. The fraction of sp³-hybridized carbons (Fsp3) is 0.556. The first-order valence-corrected chi connectivity index (χ1v) is 10.6. The van der Waals surface area contributed by atoms with Crippen molar-refractivity contribution < 1.29 is 0 Å². The van der Waals surface area contributed by atoms with Gasteiger partial charge in [0.15, 0.2) is 5.16 Å². The molecule has 24 heavy (non-hydrogen) atoms. The molecule has 2 fully saturated rings. The van der Waals surface area contributed by atoms with Crippen molar-refractivity contribution in [3.8, 4) is 0 Å². The Hall–Kier alpha value is -1.01. The summed E-state index contributed by atoms with van der Waals surface area (Å²) in [6, 6.07) is 9.11. The van der Waals surface area contributed by atoms with E-state index in [-0.39, 0.29) is 0 Å². The molecule has 4 rings (SSSR count). The third-order valence-corrected chi connectivity index (χ3v) is 6.39. The highest BCUT2D eigenvalue weighted by molar-refractivity contribution is 9.10. The third kappa shape index (κ3) is 3.64. The van der Waals surface area contributed by atoms with Gasteiger partial charge in [-0.15, -0.1) is 10.2 Å². The van der Waals surface area contributed by atoms with Crippen LogP contribution in [0.2, 0.25) is 0 Å². The number of nitrogens with zero attached hydrogens (tertiary/aromatic N) is 4. The van der Waals surface area contributed by atoms with Crippen LogP contribution in [0, 0.1) is 5.92 Å². The second-order valence-corrected chi connectivity index (χ2v) is 8.83. The predicted molar refractivity (Wildman–Crippen MR) is 103 cm³/mol. The van der Waals surface area contributed by atoms with Crippen LogP contribution in [0.25, 0.3) is 0 Å². The Bertz CT molecular complexity index is 705. The van der Waals surface area contributed by atoms with Gasteiger partial charge in [-0.2, -0.15) is 0 Å². The molecule has 128 valence electrons. The molecule has 2 aliphatic rings. The Morgan fingerprint density at radius 1 is 1.17 bits per heavy atom. The highest BCUT2D eigenvalue weighted by Gasteiger charge is 2.32. The Kier molecular flexibility index (Phi) is 4.86. The van der Waals surface area contributed by atoms with Gasteiger partial charge in [0.1, 0.15) is 0 Å². The summed E-state index contributed by atoms with van der Waals surface area (Å²) >= 11 is 5.35. The summed E-state index contributed by atoms with van der Waals surface area (Å²) in [4.78, 5) is 2.44. The van der Waals surface area contributed by atoms with Crippen LogP contribution >= 0.6 is 27.7 Å². The van der Waals surface area contributed by atoms with Gasteiger partial charge in [0, 0.05) is 29.4 Å². The molecule has 1 aliphatic carbocycles. The summed E-state index contributed by atoms with van der Waals surface area (Å²) in [5.41, 5.74) is 1.31. The lowest BCUT2D eigenvalue weighted by molar-refractivity contribution is 0.429. The molecule has 1 saturated carbocycles. The van der Waals surface area contributed by atoms with Gasteiger partial charge in [0.25, 0.3) is 0 Å². The second-order valence-electron chi connectivity index (χ2n) is 6.97. The Morgan fingerprint density at radius 2 is 1.96 bits per heavy atom. The molecular formula is C18H23BrN4S. The second kappa shape index (κ2) is 7.08. The molecule has 0 spiro atoms. The Balaban J connectivity index is 1.51. The van der Waals surface area contributed by atoms with Crippen molar-refractivity contribution in [2.45, 2.75) is 49.6 Å². The van der Waals surface area contributed by atoms with E-state index in [1.807, 2.05) is 0 Å². The van der Waals surface area contributed by atoms with Gasteiger partial charge in [-0.3, -0.25) is 4.57 Å². The lowest BCUT2D eigenvalue weighted by atomic mass is 10.00. The number of thioether (sulfide) groups is 1. The fourth-order valence-electron chi connectivity index (χ4n) is 3.22. The smallest absolute Gasteiger partial charge is 0.228 e. The molecule has 4 nitrogen and oxygen atoms in total. The maximum absolute atomic E-state index is 4.56. The van der Waals surface area contributed by atoms with E-state index in [2.05, 4.69) is 66.8 Å². The number of piperidine rings is 1. The maximum Gasteiger partial charge on any atom is 0.228 e. The fourth-order valence-corrected chi connectivity index (χ4v) is 4.61. The zero-order chi connectivity index (χ0) is 16.5. The Morgan fingerprint density at radius 3 is 2.67 bits per heavy atom. The minimum atomic E-state index is 0.611. The van der Waals surface area contributed by atoms with Gasteiger partial charge in [0.2, 0.25) is 5.95 Å². The van der Waals surface area contributed by atoms with Gasteiger partial charge < -0.3 is 4.90 Å².